The number of benzene rings is 1. The van der Waals surface area contributed by atoms with Gasteiger partial charge in [0.25, 0.3) is 5.91 Å². The van der Waals surface area contributed by atoms with E-state index in [9.17, 15) is 9.59 Å². The minimum Gasteiger partial charge on any atom is -0.493 e. The maximum absolute atomic E-state index is 12.9. The number of morpholine rings is 1. The summed E-state index contributed by atoms with van der Waals surface area (Å²) < 4.78 is 10.8. The molecule has 1 saturated heterocycles. The molecule has 0 spiro atoms. The number of nitrogens with one attached hydrogen (secondary N) is 1. The van der Waals surface area contributed by atoms with Gasteiger partial charge in [-0.25, -0.2) is 4.98 Å². The highest BCUT2D eigenvalue weighted by Gasteiger charge is 2.16. The Morgan fingerprint density at radius 2 is 1.94 bits per heavy atom. The summed E-state index contributed by atoms with van der Waals surface area (Å²) in [5, 5.41) is 16.0. The summed E-state index contributed by atoms with van der Waals surface area (Å²) in [5.41, 5.74) is 2.72. The molecule has 1 aliphatic rings. The Balaban J connectivity index is 1.29. The number of rotatable bonds is 11. The molecule has 0 radical (unpaired) electrons. The molecular weight excluding hydrogens is 474 g/mol. The molecule has 1 fully saturated rings. The van der Waals surface area contributed by atoms with Gasteiger partial charge in [0, 0.05) is 24.0 Å². The molecule has 0 bridgehead atoms. The second kappa shape index (κ2) is 12.1. The summed E-state index contributed by atoms with van der Waals surface area (Å²) in [6.07, 6.45) is 1.83. The fourth-order valence-electron chi connectivity index (χ4n) is 3.65. The van der Waals surface area contributed by atoms with Gasteiger partial charge in [-0.15, -0.1) is 22.7 Å². The predicted molar refractivity (Wildman–Crippen MR) is 133 cm³/mol. The average Bonchev–Trinajstić information content (AvgIpc) is 3.50. The topological polar surface area (TPSA) is 101 Å². The Labute approximate surface area is 206 Å². The largest absolute Gasteiger partial charge is 0.493 e. The van der Waals surface area contributed by atoms with Crippen molar-refractivity contribution in [1.29, 1.82) is 0 Å². The molecule has 3 aromatic rings. The van der Waals surface area contributed by atoms with E-state index in [0.717, 1.165) is 67.4 Å². The summed E-state index contributed by atoms with van der Waals surface area (Å²) >= 11 is 2.84. The zero-order valence-electron chi connectivity index (χ0n) is 18.7. The molecule has 10 heteroatoms. The van der Waals surface area contributed by atoms with E-state index in [4.69, 9.17) is 14.6 Å². The molecule has 0 saturated carbocycles. The van der Waals surface area contributed by atoms with Crippen molar-refractivity contribution >= 4 is 39.7 Å². The van der Waals surface area contributed by atoms with Crippen LogP contribution in [-0.4, -0.2) is 66.3 Å². The molecule has 34 heavy (non-hydrogen) atoms. The molecule has 3 heterocycles. The molecule has 0 unspecified atom stereocenters. The van der Waals surface area contributed by atoms with Crippen molar-refractivity contribution in [2.45, 2.75) is 19.3 Å². The summed E-state index contributed by atoms with van der Waals surface area (Å²) in [5.74, 6) is -0.414. The minimum absolute atomic E-state index is 0.0449. The quantitative estimate of drug-likeness (QED) is 0.405. The van der Waals surface area contributed by atoms with Crippen molar-refractivity contribution in [3.8, 4) is 17.0 Å². The Kier molecular flexibility index (Phi) is 8.64. The lowest BCUT2D eigenvalue weighted by Crippen LogP contribution is -2.36. The van der Waals surface area contributed by atoms with Crippen LogP contribution in [-0.2, 0) is 16.0 Å². The highest BCUT2D eigenvalue weighted by molar-refractivity contribution is 7.14. The Bertz CT molecular complexity index is 1090. The van der Waals surface area contributed by atoms with E-state index in [-0.39, 0.29) is 18.9 Å². The number of ether oxygens (including phenoxy) is 2. The zero-order chi connectivity index (χ0) is 23.8. The number of hydrogen-bond donors (Lipinski definition) is 2. The van der Waals surface area contributed by atoms with Crippen LogP contribution in [0.3, 0.4) is 0 Å². The maximum atomic E-state index is 12.9. The Morgan fingerprint density at radius 3 is 2.71 bits per heavy atom. The number of carboxylic acid groups (broad SMARTS) is 1. The lowest BCUT2D eigenvalue weighted by molar-refractivity contribution is -0.137. The van der Waals surface area contributed by atoms with Gasteiger partial charge >= 0.3 is 5.97 Å². The first-order valence-electron chi connectivity index (χ1n) is 11.2. The predicted octanol–water partition coefficient (Wildman–Crippen LogP) is 4.24. The van der Waals surface area contributed by atoms with Crippen LogP contribution >= 0.6 is 22.7 Å². The molecule has 2 N–H and O–H groups in total. The number of nitrogens with zero attached hydrogens (tertiary/aromatic N) is 2. The number of aryl methyl sites for hydroxylation is 1. The SMILES string of the molecule is O=C(O)CCOc1ccc(-c2csc(NC(=O)c3sccc3CCCN3CCOCC3)n2)cc1. The van der Waals surface area contributed by atoms with Gasteiger partial charge in [-0.2, -0.15) is 0 Å². The first kappa shape index (κ1) is 24.3. The standard InChI is InChI=1S/C24H27N3O5S2/c28-21(29)7-12-32-19-5-3-17(4-6-19)20-16-34-24(25-20)26-23(30)22-18(8-15-33-22)2-1-9-27-10-13-31-14-11-27/h3-6,8,15-16H,1-2,7,9-14H2,(H,28,29)(H,25,26,30). The van der Waals surface area contributed by atoms with E-state index < -0.39 is 5.97 Å². The Morgan fingerprint density at radius 1 is 1.15 bits per heavy atom. The summed E-state index contributed by atoms with van der Waals surface area (Å²) in [6.45, 7) is 4.69. The van der Waals surface area contributed by atoms with Gasteiger partial charge < -0.3 is 14.6 Å². The molecule has 0 aliphatic carbocycles. The third kappa shape index (κ3) is 6.86. The van der Waals surface area contributed by atoms with Gasteiger partial charge in [0.2, 0.25) is 0 Å². The van der Waals surface area contributed by atoms with E-state index in [1.807, 2.05) is 29.0 Å². The van der Waals surface area contributed by atoms with Crippen LogP contribution in [0.2, 0.25) is 0 Å². The molecule has 2 aromatic heterocycles. The van der Waals surface area contributed by atoms with Crippen LogP contribution in [0.15, 0.2) is 41.1 Å². The van der Waals surface area contributed by atoms with Crippen LogP contribution < -0.4 is 10.1 Å². The third-order valence-corrected chi connectivity index (χ3v) is 7.15. The Hall–Kier alpha value is -2.79. The average molecular weight is 502 g/mol. The number of hydrogen-bond acceptors (Lipinski definition) is 8. The molecule has 180 valence electrons. The second-order valence-corrected chi connectivity index (χ2v) is 9.62. The summed E-state index contributed by atoms with van der Waals surface area (Å²) in [6, 6.07) is 9.32. The van der Waals surface area contributed by atoms with E-state index >= 15 is 0 Å². The van der Waals surface area contributed by atoms with Crippen molar-refractivity contribution in [3.63, 3.8) is 0 Å². The molecule has 1 aromatic carbocycles. The fourth-order valence-corrected chi connectivity index (χ4v) is 5.21. The summed E-state index contributed by atoms with van der Waals surface area (Å²) in [7, 11) is 0. The van der Waals surface area contributed by atoms with Gasteiger partial charge in [-0.05, 0) is 60.7 Å². The zero-order valence-corrected chi connectivity index (χ0v) is 20.3. The van der Waals surface area contributed by atoms with E-state index in [1.165, 1.54) is 22.7 Å². The molecule has 1 aliphatic heterocycles. The van der Waals surface area contributed by atoms with Gasteiger partial charge in [0.15, 0.2) is 5.13 Å². The number of thiazole rings is 1. The number of amides is 1. The number of anilines is 1. The number of carbonyl (C=O) groups is 2. The van der Waals surface area contributed by atoms with Crippen LogP contribution in [0.4, 0.5) is 5.13 Å². The van der Waals surface area contributed by atoms with E-state index in [1.54, 1.807) is 12.1 Å². The molecule has 0 atom stereocenters. The van der Waals surface area contributed by atoms with Crippen molar-refractivity contribution < 1.29 is 24.2 Å². The lowest BCUT2D eigenvalue weighted by atomic mass is 10.1. The second-order valence-electron chi connectivity index (χ2n) is 7.84. The van der Waals surface area contributed by atoms with Gasteiger partial charge in [0.1, 0.15) is 5.75 Å². The minimum atomic E-state index is -0.892. The maximum Gasteiger partial charge on any atom is 0.306 e. The normalized spacial score (nSPS) is 14.1. The number of aromatic nitrogens is 1. The third-order valence-electron chi connectivity index (χ3n) is 5.44. The first-order chi connectivity index (χ1) is 16.6. The lowest BCUT2D eigenvalue weighted by Gasteiger charge is -2.26. The smallest absolute Gasteiger partial charge is 0.306 e. The fraction of sp³-hybridized carbons (Fsp3) is 0.375. The number of thiophene rings is 1. The molecule has 1 amide bonds. The van der Waals surface area contributed by atoms with Crippen molar-refractivity contribution in [2.24, 2.45) is 0 Å². The monoisotopic (exact) mass is 501 g/mol. The number of carboxylic acids is 1. The first-order valence-corrected chi connectivity index (χ1v) is 12.9. The highest BCUT2D eigenvalue weighted by atomic mass is 32.1. The van der Waals surface area contributed by atoms with E-state index in [0.29, 0.717) is 10.9 Å². The van der Waals surface area contributed by atoms with Gasteiger partial charge in [-0.3, -0.25) is 19.8 Å². The van der Waals surface area contributed by atoms with Crippen LogP contribution in [0.1, 0.15) is 28.1 Å². The summed E-state index contributed by atoms with van der Waals surface area (Å²) in [4.78, 5) is 31.2. The van der Waals surface area contributed by atoms with Crippen LogP contribution in [0.5, 0.6) is 5.75 Å². The van der Waals surface area contributed by atoms with E-state index in [2.05, 4.69) is 15.2 Å². The number of aliphatic carboxylic acids is 1. The number of carbonyl (C=O) groups excluding carboxylic acids is 1. The highest BCUT2D eigenvalue weighted by Crippen LogP contribution is 2.28. The van der Waals surface area contributed by atoms with Crippen molar-refractivity contribution in [1.82, 2.24) is 9.88 Å². The van der Waals surface area contributed by atoms with Crippen LogP contribution in [0.25, 0.3) is 11.3 Å². The van der Waals surface area contributed by atoms with Crippen molar-refractivity contribution in [2.75, 3.05) is 44.8 Å². The molecule has 4 rings (SSSR count). The van der Waals surface area contributed by atoms with Crippen LogP contribution in [0, 0.1) is 0 Å². The van der Waals surface area contributed by atoms with Crippen molar-refractivity contribution in [3.05, 3.63) is 51.5 Å². The molecular formula is C24H27N3O5S2. The molecule has 8 nitrogen and oxygen atoms in total. The van der Waals surface area contributed by atoms with Gasteiger partial charge in [0.05, 0.1) is 36.8 Å². The van der Waals surface area contributed by atoms with Gasteiger partial charge in [-0.1, -0.05) is 0 Å².